The molecule has 0 fully saturated rings. The Balaban J connectivity index is 4.55. The van der Waals surface area contributed by atoms with Crippen LogP contribution in [0.5, 0.6) is 0 Å². The molecule has 5 unspecified atom stereocenters. The smallest absolute Gasteiger partial charge is 0.463 e. The molecular formula is C101H174O16P2. The number of phosphoric ester groups is 2. The minimum atomic E-state index is -4.95. The molecule has 0 heterocycles. The van der Waals surface area contributed by atoms with Gasteiger partial charge in [0.25, 0.3) is 0 Å². The number of ether oxygens (including phenoxy) is 3. The number of esters is 3. The molecule has 0 radical (unpaired) electrons. The van der Waals surface area contributed by atoms with Crippen LogP contribution in [0.15, 0.2) is 158 Å². The topological polar surface area (TPSA) is 231 Å². The molecule has 4 N–H and O–H groups in total. The van der Waals surface area contributed by atoms with Gasteiger partial charge in [-0.25, -0.2) is 9.13 Å². The second-order valence-electron chi connectivity index (χ2n) is 31.8. The lowest BCUT2D eigenvalue weighted by molar-refractivity contribution is -0.161. The van der Waals surface area contributed by atoms with Crippen molar-refractivity contribution in [2.75, 3.05) is 39.6 Å². The zero-order valence-electron chi connectivity index (χ0n) is 75.5. The second kappa shape index (κ2) is 92.4. The summed E-state index contributed by atoms with van der Waals surface area (Å²) in [5, 5.41) is 20.8. The molecular weight excluding hydrogens is 1530 g/mol. The molecule has 119 heavy (non-hydrogen) atoms. The average Bonchev–Trinajstić information content (AvgIpc) is 0.903. The highest BCUT2D eigenvalue weighted by Crippen LogP contribution is 2.45. The zero-order valence-corrected chi connectivity index (χ0v) is 77.3. The van der Waals surface area contributed by atoms with Crippen LogP contribution in [-0.2, 0) is 55.8 Å². The van der Waals surface area contributed by atoms with E-state index in [9.17, 15) is 43.5 Å². The molecule has 0 saturated carbocycles. The Bertz CT molecular complexity index is 2790. The van der Waals surface area contributed by atoms with Crippen LogP contribution in [0, 0.1) is 0 Å². The standard InChI is InChI=1S/C101H174O16P2/c1-4-7-10-13-16-19-22-25-28-31-34-37-40-42-43-44-45-46-47-48-49-50-51-53-56-57-60-63-66-69-72-75-78-81-84-87-99(104)111-90-96(102)91-113-118(107,108)114-92-97(103)93-115-119(109,110)116-95-98(117-101(106)89-86-83-80-77-74-71-68-65-62-59-54-39-36-33-30-27-24-21-18-15-12-9-6-3)94-112-100(105)88-85-82-79-76-73-70-67-64-61-58-55-52-41-38-35-32-29-26-23-20-17-14-11-8-5-2/h8,11,16-21,25-30,34-39,42-43,52,55,59,62,96-98,102-103H,4-7,9-10,12-15,22-24,31-33,40-41,44-51,53-54,56-58,60-61,63-95H2,1-3H3,(H,107,108)(H,109,110)/b11-8-,19-16-,20-17-,21-18-,28-25-,29-26-,30-27-,37-34-,38-35-,39-36-,43-42-,55-52-,62-59-. The molecule has 0 amide bonds. The fourth-order valence-electron chi connectivity index (χ4n) is 13.0. The van der Waals surface area contributed by atoms with E-state index < -0.39 is 91.5 Å². The van der Waals surface area contributed by atoms with E-state index in [0.29, 0.717) is 19.3 Å². The summed E-state index contributed by atoms with van der Waals surface area (Å²) in [6.07, 6.45) is 119. The Morgan fingerprint density at radius 2 is 0.445 bits per heavy atom. The average molecular weight is 1710 g/mol. The van der Waals surface area contributed by atoms with Gasteiger partial charge in [-0.05, 0) is 154 Å². The monoisotopic (exact) mass is 1710 g/mol. The molecule has 0 aromatic carbocycles. The number of aliphatic hydroxyl groups excluding tert-OH is 2. The lowest BCUT2D eigenvalue weighted by atomic mass is 10.0. The third-order valence-corrected chi connectivity index (χ3v) is 22.1. The van der Waals surface area contributed by atoms with Crippen molar-refractivity contribution >= 4 is 33.6 Å². The second-order valence-corrected chi connectivity index (χ2v) is 34.7. The molecule has 0 aromatic rings. The number of phosphoric acid groups is 2. The number of rotatable bonds is 90. The van der Waals surface area contributed by atoms with Gasteiger partial charge in [-0.1, -0.05) is 391 Å². The van der Waals surface area contributed by atoms with Crippen LogP contribution in [0.2, 0.25) is 0 Å². The highest BCUT2D eigenvalue weighted by molar-refractivity contribution is 7.47. The Morgan fingerprint density at radius 3 is 0.706 bits per heavy atom. The van der Waals surface area contributed by atoms with Crippen molar-refractivity contribution in [2.45, 2.75) is 424 Å². The summed E-state index contributed by atoms with van der Waals surface area (Å²) >= 11 is 0. The van der Waals surface area contributed by atoms with Crippen LogP contribution >= 0.6 is 15.6 Å². The molecule has 16 nitrogen and oxygen atoms in total. The van der Waals surface area contributed by atoms with Gasteiger partial charge in [-0.3, -0.25) is 32.5 Å². The first-order valence-electron chi connectivity index (χ1n) is 47.8. The number of hydrogen-bond acceptors (Lipinski definition) is 14. The van der Waals surface area contributed by atoms with Crippen molar-refractivity contribution in [3.63, 3.8) is 0 Å². The number of carbonyl (C=O) groups excluding carboxylic acids is 3. The van der Waals surface area contributed by atoms with Gasteiger partial charge in [-0.15, -0.1) is 0 Å². The van der Waals surface area contributed by atoms with Gasteiger partial charge in [-0.2, -0.15) is 0 Å². The Hall–Kier alpha value is -4.83. The molecule has 5 atom stereocenters. The Labute approximate surface area is 727 Å². The summed E-state index contributed by atoms with van der Waals surface area (Å²) in [6.45, 7) is 2.55. The fraction of sp³-hybridized carbons (Fsp3) is 0.713. The van der Waals surface area contributed by atoms with E-state index in [4.69, 9.17) is 32.3 Å². The van der Waals surface area contributed by atoms with Crippen LogP contribution in [0.1, 0.15) is 406 Å². The molecule has 684 valence electrons. The van der Waals surface area contributed by atoms with Crippen LogP contribution in [0.4, 0.5) is 0 Å². The summed E-state index contributed by atoms with van der Waals surface area (Å²) < 4.78 is 61.5. The Morgan fingerprint density at radius 1 is 0.244 bits per heavy atom. The summed E-state index contributed by atoms with van der Waals surface area (Å²) in [6, 6.07) is 0. The third kappa shape index (κ3) is 93.7. The molecule has 0 bridgehead atoms. The molecule has 0 rings (SSSR count). The molecule has 18 heteroatoms. The number of unbranched alkanes of at least 4 members (excludes halogenated alkanes) is 41. The number of allylic oxidation sites excluding steroid dienone is 26. The molecule has 0 aliphatic heterocycles. The first-order valence-corrected chi connectivity index (χ1v) is 50.8. The van der Waals surface area contributed by atoms with Gasteiger partial charge in [0.15, 0.2) is 6.10 Å². The summed E-state index contributed by atoms with van der Waals surface area (Å²) in [7, 11) is -9.82. The maximum absolute atomic E-state index is 13.1. The van der Waals surface area contributed by atoms with E-state index in [1.165, 1.54) is 180 Å². The zero-order chi connectivity index (χ0) is 86.5. The van der Waals surface area contributed by atoms with Gasteiger partial charge in [0.1, 0.15) is 25.4 Å². The van der Waals surface area contributed by atoms with Crippen molar-refractivity contribution in [3.8, 4) is 0 Å². The third-order valence-electron chi connectivity index (χ3n) is 20.2. The minimum absolute atomic E-state index is 0.0871. The van der Waals surface area contributed by atoms with E-state index in [-0.39, 0.29) is 19.3 Å². The van der Waals surface area contributed by atoms with Gasteiger partial charge in [0, 0.05) is 19.3 Å². The van der Waals surface area contributed by atoms with Crippen molar-refractivity contribution in [1.29, 1.82) is 0 Å². The number of carbonyl (C=O) groups is 3. The van der Waals surface area contributed by atoms with E-state index in [1.54, 1.807) is 0 Å². The summed E-state index contributed by atoms with van der Waals surface area (Å²) in [4.78, 5) is 59.0. The summed E-state index contributed by atoms with van der Waals surface area (Å²) in [5.74, 6) is -1.58. The maximum Gasteiger partial charge on any atom is 0.472 e. The SMILES string of the molecule is CC/C=C\C/C=C\C/C=C\C/C=C\C/C=C\CCCCCCCCCCCC(=O)OCC(COP(=O)(O)OCC(O)COP(=O)(O)OCC(O)COC(=O)CCCCCCCCCCCCCCCCCCCCC/C=C\C/C=C\C/C=C\C/C=C\CCCCC)OC(=O)CCCCCCCCC/C=C\C/C=C\C/C=C\C/C=C\CCCCC. The van der Waals surface area contributed by atoms with Crippen LogP contribution < -0.4 is 0 Å². The quantitative estimate of drug-likeness (QED) is 0.0146. The first-order chi connectivity index (χ1) is 58.2. The van der Waals surface area contributed by atoms with Crippen molar-refractivity contribution < 1.29 is 75.8 Å². The number of aliphatic hydroxyl groups is 2. The highest BCUT2D eigenvalue weighted by Gasteiger charge is 2.30. The van der Waals surface area contributed by atoms with E-state index >= 15 is 0 Å². The lowest BCUT2D eigenvalue weighted by Crippen LogP contribution is -2.30. The van der Waals surface area contributed by atoms with Gasteiger partial charge < -0.3 is 34.2 Å². The van der Waals surface area contributed by atoms with Crippen LogP contribution in [0.3, 0.4) is 0 Å². The molecule has 0 spiro atoms. The fourth-order valence-corrected chi connectivity index (χ4v) is 14.6. The van der Waals surface area contributed by atoms with E-state index in [0.717, 1.165) is 167 Å². The largest absolute Gasteiger partial charge is 0.472 e. The predicted octanol–water partition coefficient (Wildman–Crippen LogP) is 29.7. The molecule has 0 aromatic heterocycles. The lowest BCUT2D eigenvalue weighted by Gasteiger charge is -2.21. The highest BCUT2D eigenvalue weighted by atomic mass is 31.2. The normalized spacial score (nSPS) is 14.4. The number of hydrogen-bond donors (Lipinski definition) is 4. The minimum Gasteiger partial charge on any atom is -0.463 e. The Kier molecular flexibility index (Phi) is 88.6. The van der Waals surface area contributed by atoms with E-state index in [1.807, 2.05) is 0 Å². The maximum atomic E-state index is 13.1. The van der Waals surface area contributed by atoms with Gasteiger partial charge in [0.2, 0.25) is 0 Å². The van der Waals surface area contributed by atoms with E-state index in [2.05, 4.69) is 179 Å². The molecule has 0 saturated heterocycles. The van der Waals surface area contributed by atoms with Crippen molar-refractivity contribution in [2.24, 2.45) is 0 Å². The van der Waals surface area contributed by atoms with Gasteiger partial charge in [0.05, 0.1) is 26.4 Å². The predicted molar refractivity (Wildman–Crippen MR) is 500 cm³/mol. The first kappa shape index (κ1) is 114. The van der Waals surface area contributed by atoms with Gasteiger partial charge >= 0.3 is 33.6 Å². The van der Waals surface area contributed by atoms with Crippen molar-refractivity contribution in [3.05, 3.63) is 158 Å². The van der Waals surface area contributed by atoms with Crippen molar-refractivity contribution in [1.82, 2.24) is 0 Å². The summed E-state index contributed by atoms with van der Waals surface area (Å²) in [5.41, 5.74) is 0. The van der Waals surface area contributed by atoms with Crippen LogP contribution in [-0.4, -0.2) is 95.9 Å². The molecule has 0 aliphatic rings. The molecule has 0 aliphatic carbocycles. The van der Waals surface area contributed by atoms with Crippen LogP contribution in [0.25, 0.3) is 0 Å².